The van der Waals surface area contributed by atoms with Crippen LogP contribution in [0, 0.1) is 23.7 Å². The summed E-state index contributed by atoms with van der Waals surface area (Å²) in [4.78, 5) is 0. The van der Waals surface area contributed by atoms with E-state index >= 15 is 0 Å². The Morgan fingerprint density at radius 3 is 2.53 bits per heavy atom. The van der Waals surface area contributed by atoms with Crippen molar-refractivity contribution in [1.82, 2.24) is 0 Å². The minimum absolute atomic E-state index is 0.970. The fourth-order valence-electron chi connectivity index (χ4n) is 3.68. The molecular formula is C15H30. The maximum absolute atomic E-state index is 2.50. The van der Waals surface area contributed by atoms with Gasteiger partial charge in [0.1, 0.15) is 0 Å². The lowest BCUT2D eigenvalue weighted by Crippen LogP contribution is -2.30. The molecule has 1 saturated carbocycles. The van der Waals surface area contributed by atoms with E-state index in [9.17, 15) is 0 Å². The average molecular weight is 210 g/mol. The molecule has 15 heavy (non-hydrogen) atoms. The van der Waals surface area contributed by atoms with Gasteiger partial charge in [0.25, 0.3) is 0 Å². The molecule has 1 rings (SSSR count). The minimum Gasteiger partial charge on any atom is -0.0654 e. The highest BCUT2D eigenvalue weighted by molar-refractivity contribution is 4.82. The summed E-state index contributed by atoms with van der Waals surface area (Å²) < 4.78 is 0. The molecule has 4 unspecified atom stereocenters. The minimum atomic E-state index is 0.970. The highest BCUT2D eigenvalue weighted by atomic mass is 14.4. The Balaban J connectivity index is 2.49. The molecule has 0 aromatic rings. The van der Waals surface area contributed by atoms with Crippen molar-refractivity contribution < 1.29 is 0 Å². The van der Waals surface area contributed by atoms with Crippen LogP contribution >= 0.6 is 0 Å². The van der Waals surface area contributed by atoms with Gasteiger partial charge in [-0.3, -0.25) is 0 Å². The zero-order valence-corrected chi connectivity index (χ0v) is 11.3. The summed E-state index contributed by atoms with van der Waals surface area (Å²) in [5.41, 5.74) is 0. The normalized spacial score (nSPS) is 34.0. The monoisotopic (exact) mass is 210 g/mol. The van der Waals surface area contributed by atoms with E-state index < -0.39 is 0 Å². The van der Waals surface area contributed by atoms with Crippen LogP contribution in [-0.2, 0) is 0 Å². The molecule has 0 radical (unpaired) electrons. The number of rotatable bonds is 5. The van der Waals surface area contributed by atoms with Gasteiger partial charge < -0.3 is 0 Å². The highest BCUT2D eigenvalue weighted by Crippen LogP contribution is 2.41. The van der Waals surface area contributed by atoms with Gasteiger partial charge in [-0.1, -0.05) is 66.2 Å². The van der Waals surface area contributed by atoms with E-state index in [4.69, 9.17) is 0 Å². The smallest absolute Gasteiger partial charge is 0.0358 e. The molecule has 0 N–H and O–H groups in total. The zero-order valence-electron chi connectivity index (χ0n) is 11.3. The SMILES string of the molecule is CCCCC(C)C1CCCC(C)C1CC. The van der Waals surface area contributed by atoms with E-state index in [-0.39, 0.29) is 0 Å². The molecule has 0 nitrogen and oxygen atoms in total. The van der Waals surface area contributed by atoms with Crippen LogP contribution < -0.4 is 0 Å². The molecule has 1 fully saturated rings. The largest absolute Gasteiger partial charge is 0.0654 e. The van der Waals surface area contributed by atoms with Crippen LogP contribution in [0.15, 0.2) is 0 Å². The van der Waals surface area contributed by atoms with E-state index in [1.165, 1.54) is 44.9 Å². The van der Waals surface area contributed by atoms with Gasteiger partial charge in [0, 0.05) is 0 Å². The maximum atomic E-state index is 2.50. The van der Waals surface area contributed by atoms with Gasteiger partial charge in [0.15, 0.2) is 0 Å². The summed E-state index contributed by atoms with van der Waals surface area (Å²) in [7, 11) is 0. The van der Waals surface area contributed by atoms with Crippen molar-refractivity contribution >= 4 is 0 Å². The summed E-state index contributed by atoms with van der Waals surface area (Å²) in [6, 6.07) is 0. The standard InChI is InChI=1S/C15H30/c1-5-7-9-13(4)15-11-8-10-12(3)14(15)6-2/h12-15H,5-11H2,1-4H3. The van der Waals surface area contributed by atoms with Crippen molar-refractivity contribution in [3.05, 3.63) is 0 Å². The van der Waals surface area contributed by atoms with Crippen molar-refractivity contribution in [2.24, 2.45) is 23.7 Å². The lowest BCUT2D eigenvalue weighted by atomic mass is 9.66. The van der Waals surface area contributed by atoms with Gasteiger partial charge in [0.05, 0.1) is 0 Å². The van der Waals surface area contributed by atoms with Crippen molar-refractivity contribution in [2.45, 2.75) is 72.6 Å². The van der Waals surface area contributed by atoms with Crippen LogP contribution in [0.3, 0.4) is 0 Å². The molecule has 0 heteroatoms. The van der Waals surface area contributed by atoms with Gasteiger partial charge in [0.2, 0.25) is 0 Å². The second-order valence-electron chi connectivity index (χ2n) is 5.76. The molecule has 0 amide bonds. The van der Waals surface area contributed by atoms with Gasteiger partial charge in [-0.2, -0.15) is 0 Å². The van der Waals surface area contributed by atoms with E-state index in [2.05, 4.69) is 27.7 Å². The quantitative estimate of drug-likeness (QED) is 0.579. The van der Waals surface area contributed by atoms with Crippen LogP contribution in [0.1, 0.15) is 72.6 Å². The van der Waals surface area contributed by atoms with E-state index in [0.29, 0.717) is 0 Å². The Morgan fingerprint density at radius 2 is 1.93 bits per heavy atom. The van der Waals surface area contributed by atoms with E-state index in [1.54, 1.807) is 0 Å². The lowest BCUT2D eigenvalue weighted by molar-refractivity contribution is 0.107. The third kappa shape index (κ3) is 3.50. The lowest BCUT2D eigenvalue weighted by Gasteiger charge is -2.39. The second kappa shape index (κ2) is 6.55. The molecular weight excluding hydrogens is 180 g/mol. The van der Waals surface area contributed by atoms with Gasteiger partial charge in [-0.05, 0) is 30.1 Å². The first-order valence-electron chi connectivity index (χ1n) is 7.20. The first-order valence-corrected chi connectivity index (χ1v) is 7.20. The van der Waals surface area contributed by atoms with Crippen LogP contribution in [-0.4, -0.2) is 0 Å². The predicted molar refractivity (Wildman–Crippen MR) is 69.0 cm³/mol. The zero-order chi connectivity index (χ0) is 11.3. The summed E-state index contributed by atoms with van der Waals surface area (Å²) in [5, 5.41) is 0. The first kappa shape index (κ1) is 13.1. The maximum Gasteiger partial charge on any atom is -0.0358 e. The van der Waals surface area contributed by atoms with Crippen molar-refractivity contribution in [3.8, 4) is 0 Å². The molecule has 90 valence electrons. The Kier molecular flexibility index (Phi) is 5.71. The summed E-state index contributed by atoms with van der Waals surface area (Å²) in [5.74, 6) is 4.01. The van der Waals surface area contributed by atoms with Crippen molar-refractivity contribution in [2.75, 3.05) is 0 Å². The van der Waals surface area contributed by atoms with Gasteiger partial charge in [-0.25, -0.2) is 0 Å². The molecule has 1 aliphatic rings. The number of hydrogen-bond donors (Lipinski definition) is 0. The fourth-order valence-corrected chi connectivity index (χ4v) is 3.68. The molecule has 0 aliphatic heterocycles. The van der Waals surface area contributed by atoms with Crippen LogP contribution in [0.4, 0.5) is 0 Å². The summed E-state index contributed by atoms with van der Waals surface area (Å²) >= 11 is 0. The molecule has 0 aromatic heterocycles. The van der Waals surface area contributed by atoms with E-state index in [1.807, 2.05) is 0 Å². The van der Waals surface area contributed by atoms with Crippen molar-refractivity contribution in [1.29, 1.82) is 0 Å². The molecule has 0 spiro atoms. The average Bonchev–Trinajstić information content (AvgIpc) is 2.25. The molecule has 0 saturated heterocycles. The number of unbranched alkanes of at least 4 members (excludes halogenated alkanes) is 1. The topological polar surface area (TPSA) is 0 Å². The fraction of sp³-hybridized carbons (Fsp3) is 1.00. The molecule has 0 aromatic carbocycles. The van der Waals surface area contributed by atoms with Crippen LogP contribution in [0.25, 0.3) is 0 Å². The summed E-state index contributed by atoms with van der Waals surface area (Å²) in [6.45, 7) is 9.69. The third-order valence-electron chi connectivity index (χ3n) is 4.69. The van der Waals surface area contributed by atoms with Crippen LogP contribution in [0.2, 0.25) is 0 Å². The Hall–Kier alpha value is 0. The second-order valence-corrected chi connectivity index (χ2v) is 5.76. The molecule has 4 atom stereocenters. The van der Waals surface area contributed by atoms with E-state index in [0.717, 1.165) is 23.7 Å². The summed E-state index contributed by atoms with van der Waals surface area (Å²) in [6.07, 6.45) is 10.1. The number of hydrogen-bond acceptors (Lipinski definition) is 0. The van der Waals surface area contributed by atoms with Gasteiger partial charge >= 0.3 is 0 Å². The van der Waals surface area contributed by atoms with Crippen molar-refractivity contribution in [3.63, 3.8) is 0 Å². The molecule has 1 aliphatic carbocycles. The highest BCUT2D eigenvalue weighted by Gasteiger charge is 2.32. The third-order valence-corrected chi connectivity index (χ3v) is 4.69. The first-order chi connectivity index (χ1) is 7.20. The Labute approximate surface area is 96.8 Å². The van der Waals surface area contributed by atoms with Crippen LogP contribution in [0.5, 0.6) is 0 Å². The Bertz CT molecular complexity index is 161. The predicted octanol–water partition coefficient (Wildman–Crippen LogP) is 5.28. The molecule has 0 bridgehead atoms. The molecule has 0 heterocycles. The Morgan fingerprint density at radius 1 is 1.20 bits per heavy atom. The van der Waals surface area contributed by atoms with Gasteiger partial charge in [-0.15, -0.1) is 0 Å².